The van der Waals surface area contributed by atoms with Crippen molar-refractivity contribution in [1.29, 1.82) is 0 Å². The fraction of sp³-hybridized carbons (Fsp3) is 1.00. The summed E-state index contributed by atoms with van der Waals surface area (Å²) in [5.41, 5.74) is 0. The molecule has 1 saturated heterocycles. The second-order valence-corrected chi connectivity index (χ2v) is 2.98. The Morgan fingerprint density at radius 1 is 1.09 bits per heavy atom. The topological polar surface area (TPSA) is 12.5 Å². The van der Waals surface area contributed by atoms with Gasteiger partial charge in [0.2, 0.25) is 0 Å². The molecule has 1 heterocycles. The molecule has 0 aliphatic carbocycles. The first-order valence-electron chi connectivity index (χ1n) is 4.52. The molecular weight excluding hydrogens is 138 g/mol. The molecule has 1 aliphatic rings. The number of hydrogen-bond donors (Lipinski definition) is 0. The average Bonchev–Trinajstić information content (AvgIpc) is 1.88. The molecule has 0 aromatic heterocycles. The van der Waals surface area contributed by atoms with E-state index in [0.717, 1.165) is 13.1 Å². The Bertz CT molecular complexity index is 70.5. The Balaban J connectivity index is 0.000000461. The van der Waals surface area contributed by atoms with Crippen LogP contribution < -0.4 is 0 Å². The standard InChI is InChI=1S/C7H15NO.C2H6/c1-6-4-8(3)5-7(2)9-6;1-2/h6-7H,4-5H2,1-3H3;1-2H3. The highest BCUT2D eigenvalue weighted by molar-refractivity contribution is 4.69. The zero-order valence-electron chi connectivity index (χ0n) is 8.42. The summed E-state index contributed by atoms with van der Waals surface area (Å²) in [6, 6.07) is 0. The Hall–Kier alpha value is -0.0800. The van der Waals surface area contributed by atoms with Gasteiger partial charge >= 0.3 is 0 Å². The summed E-state index contributed by atoms with van der Waals surface area (Å²) >= 11 is 0. The van der Waals surface area contributed by atoms with E-state index in [9.17, 15) is 0 Å². The number of rotatable bonds is 0. The summed E-state index contributed by atoms with van der Waals surface area (Å²) in [7, 11) is 2.13. The number of hydrogen-bond acceptors (Lipinski definition) is 2. The van der Waals surface area contributed by atoms with Gasteiger partial charge in [-0.15, -0.1) is 0 Å². The monoisotopic (exact) mass is 159 g/mol. The van der Waals surface area contributed by atoms with E-state index < -0.39 is 0 Å². The van der Waals surface area contributed by atoms with E-state index in [1.54, 1.807) is 0 Å². The first-order chi connectivity index (χ1) is 5.18. The van der Waals surface area contributed by atoms with Gasteiger partial charge in [-0.1, -0.05) is 13.8 Å². The van der Waals surface area contributed by atoms with Crippen LogP contribution in [0.2, 0.25) is 0 Å². The van der Waals surface area contributed by atoms with Crippen LogP contribution in [0.4, 0.5) is 0 Å². The molecule has 2 atom stereocenters. The zero-order valence-corrected chi connectivity index (χ0v) is 8.42. The zero-order chi connectivity index (χ0) is 8.85. The molecule has 0 amide bonds. The Kier molecular flexibility index (Phi) is 5.51. The van der Waals surface area contributed by atoms with Crippen molar-refractivity contribution < 1.29 is 4.74 Å². The molecule has 2 heteroatoms. The highest BCUT2D eigenvalue weighted by Crippen LogP contribution is 2.07. The van der Waals surface area contributed by atoms with Crippen molar-refractivity contribution in [3.05, 3.63) is 0 Å². The predicted molar refractivity (Wildman–Crippen MR) is 48.9 cm³/mol. The van der Waals surface area contributed by atoms with Gasteiger partial charge in [-0.2, -0.15) is 0 Å². The molecule has 0 spiro atoms. The van der Waals surface area contributed by atoms with E-state index in [0.29, 0.717) is 12.2 Å². The summed E-state index contributed by atoms with van der Waals surface area (Å²) < 4.78 is 5.51. The lowest BCUT2D eigenvalue weighted by atomic mass is 10.2. The second-order valence-electron chi connectivity index (χ2n) is 2.98. The molecule has 2 unspecified atom stereocenters. The molecule has 2 nitrogen and oxygen atoms in total. The van der Waals surface area contributed by atoms with Gasteiger partial charge in [0.05, 0.1) is 12.2 Å². The lowest BCUT2D eigenvalue weighted by Crippen LogP contribution is -2.42. The SMILES string of the molecule is CC.CC1CN(C)CC(C)O1. The second kappa shape index (κ2) is 5.56. The van der Waals surface area contributed by atoms with Crippen LogP contribution in [-0.4, -0.2) is 37.2 Å². The largest absolute Gasteiger partial charge is 0.373 e. The fourth-order valence-electron chi connectivity index (χ4n) is 1.44. The normalized spacial score (nSPS) is 32.5. The Morgan fingerprint density at radius 3 is 1.73 bits per heavy atom. The molecule has 0 aromatic rings. The molecule has 0 aromatic carbocycles. The minimum atomic E-state index is 0.416. The fourth-order valence-corrected chi connectivity index (χ4v) is 1.44. The first kappa shape index (κ1) is 10.9. The summed E-state index contributed by atoms with van der Waals surface area (Å²) in [4.78, 5) is 2.30. The van der Waals surface area contributed by atoms with Crippen LogP contribution in [0.5, 0.6) is 0 Å². The van der Waals surface area contributed by atoms with Crippen LogP contribution in [0.1, 0.15) is 27.7 Å². The highest BCUT2D eigenvalue weighted by atomic mass is 16.5. The predicted octanol–water partition coefficient (Wildman–Crippen LogP) is 1.75. The molecule has 0 N–H and O–H groups in total. The van der Waals surface area contributed by atoms with Gasteiger partial charge in [-0.05, 0) is 20.9 Å². The summed E-state index contributed by atoms with van der Waals surface area (Å²) in [6.45, 7) is 10.4. The van der Waals surface area contributed by atoms with Crippen molar-refractivity contribution in [2.75, 3.05) is 20.1 Å². The van der Waals surface area contributed by atoms with Crippen molar-refractivity contribution in [3.63, 3.8) is 0 Å². The van der Waals surface area contributed by atoms with Crippen LogP contribution in [0.3, 0.4) is 0 Å². The minimum Gasteiger partial charge on any atom is -0.373 e. The number of likely N-dealkylation sites (N-methyl/N-ethyl adjacent to an activating group) is 1. The van der Waals surface area contributed by atoms with Gasteiger partial charge in [-0.3, -0.25) is 0 Å². The summed E-state index contributed by atoms with van der Waals surface area (Å²) in [5.74, 6) is 0. The van der Waals surface area contributed by atoms with Crippen molar-refractivity contribution in [2.45, 2.75) is 39.9 Å². The lowest BCUT2D eigenvalue weighted by molar-refractivity contribution is -0.0602. The van der Waals surface area contributed by atoms with Gasteiger partial charge < -0.3 is 9.64 Å². The molecule has 11 heavy (non-hydrogen) atoms. The average molecular weight is 159 g/mol. The molecule has 0 saturated carbocycles. The van der Waals surface area contributed by atoms with Gasteiger partial charge in [0.25, 0.3) is 0 Å². The van der Waals surface area contributed by atoms with E-state index in [1.807, 2.05) is 13.8 Å². The third kappa shape index (κ3) is 4.38. The van der Waals surface area contributed by atoms with Gasteiger partial charge in [0, 0.05) is 13.1 Å². The number of nitrogens with zero attached hydrogens (tertiary/aromatic N) is 1. The third-order valence-electron chi connectivity index (χ3n) is 1.60. The number of ether oxygens (including phenoxy) is 1. The molecular formula is C9H21NO. The number of morpholine rings is 1. The maximum atomic E-state index is 5.51. The van der Waals surface area contributed by atoms with Crippen LogP contribution in [0.15, 0.2) is 0 Å². The van der Waals surface area contributed by atoms with Crippen LogP contribution in [0.25, 0.3) is 0 Å². The quantitative estimate of drug-likeness (QED) is 0.534. The van der Waals surface area contributed by atoms with E-state index in [4.69, 9.17) is 4.74 Å². The Labute approximate surface area is 70.5 Å². The van der Waals surface area contributed by atoms with Gasteiger partial charge in [0.1, 0.15) is 0 Å². The van der Waals surface area contributed by atoms with E-state index in [1.165, 1.54) is 0 Å². The summed E-state index contributed by atoms with van der Waals surface area (Å²) in [5, 5.41) is 0. The minimum absolute atomic E-state index is 0.416. The van der Waals surface area contributed by atoms with Crippen molar-refractivity contribution >= 4 is 0 Å². The maximum absolute atomic E-state index is 5.51. The van der Waals surface area contributed by atoms with Crippen LogP contribution >= 0.6 is 0 Å². The lowest BCUT2D eigenvalue weighted by Gasteiger charge is -2.32. The molecule has 1 aliphatic heterocycles. The van der Waals surface area contributed by atoms with Crippen molar-refractivity contribution in [2.24, 2.45) is 0 Å². The van der Waals surface area contributed by atoms with E-state index in [2.05, 4.69) is 25.8 Å². The van der Waals surface area contributed by atoms with Gasteiger partial charge in [-0.25, -0.2) is 0 Å². The van der Waals surface area contributed by atoms with Crippen LogP contribution in [-0.2, 0) is 4.74 Å². The first-order valence-corrected chi connectivity index (χ1v) is 4.52. The molecule has 68 valence electrons. The summed E-state index contributed by atoms with van der Waals surface area (Å²) in [6.07, 6.45) is 0.831. The van der Waals surface area contributed by atoms with Gasteiger partial charge in [0.15, 0.2) is 0 Å². The Morgan fingerprint density at radius 2 is 1.45 bits per heavy atom. The molecule has 1 fully saturated rings. The molecule has 1 rings (SSSR count). The van der Waals surface area contributed by atoms with Crippen molar-refractivity contribution in [1.82, 2.24) is 4.90 Å². The maximum Gasteiger partial charge on any atom is 0.0678 e. The van der Waals surface area contributed by atoms with Crippen molar-refractivity contribution in [3.8, 4) is 0 Å². The molecule has 0 bridgehead atoms. The van der Waals surface area contributed by atoms with Crippen LogP contribution in [0, 0.1) is 0 Å². The van der Waals surface area contributed by atoms with E-state index in [-0.39, 0.29) is 0 Å². The van der Waals surface area contributed by atoms with E-state index >= 15 is 0 Å². The third-order valence-corrected chi connectivity index (χ3v) is 1.60. The smallest absolute Gasteiger partial charge is 0.0678 e. The molecule has 0 radical (unpaired) electrons. The highest BCUT2D eigenvalue weighted by Gasteiger charge is 2.18.